The molecule has 1 N–H and O–H groups in total. The Labute approximate surface area is 79.7 Å². The van der Waals surface area contributed by atoms with E-state index in [2.05, 4.69) is 6.07 Å². The van der Waals surface area contributed by atoms with Gasteiger partial charge in [-0.05, 0) is 12.1 Å². The van der Waals surface area contributed by atoms with Gasteiger partial charge >= 0.3 is 0 Å². The van der Waals surface area contributed by atoms with E-state index in [1.165, 1.54) is 6.07 Å². The molecule has 65 valence electrons. The van der Waals surface area contributed by atoms with Crippen molar-refractivity contribution in [3.63, 3.8) is 0 Å². The van der Waals surface area contributed by atoms with Gasteiger partial charge in [-0.1, -0.05) is 23.2 Å². The summed E-state index contributed by atoms with van der Waals surface area (Å²) in [4.78, 5) is -0.392. The van der Waals surface area contributed by atoms with Crippen LogP contribution in [0.15, 0.2) is 17.0 Å². The Morgan fingerprint density at radius 1 is 1.33 bits per heavy atom. The summed E-state index contributed by atoms with van der Waals surface area (Å²) in [6.45, 7) is 0. The van der Waals surface area contributed by atoms with Gasteiger partial charge in [0.1, 0.15) is 4.90 Å². The first kappa shape index (κ1) is 9.80. The second-order valence-electron chi connectivity index (χ2n) is 1.97. The lowest BCUT2D eigenvalue weighted by Crippen LogP contribution is -1.97. The number of rotatable bonds is 1. The summed E-state index contributed by atoms with van der Waals surface area (Å²) in [5, 5.41) is 0.243. The molecule has 0 aliphatic rings. The van der Waals surface area contributed by atoms with E-state index >= 15 is 0 Å². The Hall–Kier alpha value is -0.290. The van der Waals surface area contributed by atoms with Gasteiger partial charge in [0.05, 0.1) is 10.0 Å². The highest BCUT2D eigenvalue weighted by atomic mass is 35.5. The van der Waals surface area contributed by atoms with E-state index in [9.17, 15) is 8.42 Å². The highest BCUT2D eigenvalue weighted by Crippen LogP contribution is 2.23. The molecule has 0 amide bonds. The predicted octanol–water partition coefficient (Wildman–Crippen LogP) is 2.04. The van der Waals surface area contributed by atoms with Gasteiger partial charge in [-0.15, -0.1) is 0 Å². The van der Waals surface area contributed by atoms with Crippen LogP contribution >= 0.6 is 23.2 Å². The molecule has 6 heteroatoms. The van der Waals surface area contributed by atoms with Gasteiger partial charge in [0.15, 0.2) is 0 Å². The highest BCUT2D eigenvalue weighted by molar-refractivity contribution is 7.85. The van der Waals surface area contributed by atoms with E-state index in [4.69, 9.17) is 27.8 Å². The predicted molar refractivity (Wildman–Crippen MR) is 45.1 cm³/mol. The highest BCUT2D eigenvalue weighted by Gasteiger charge is 2.11. The number of halogens is 2. The van der Waals surface area contributed by atoms with Gasteiger partial charge < -0.3 is 0 Å². The van der Waals surface area contributed by atoms with Gasteiger partial charge in [-0.3, -0.25) is 4.55 Å². The first-order valence-electron chi connectivity index (χ1n) is 2.75. The van der Waals surface area contributed by atoms with Crippen LogP contribution in [0.3, 0.4) is 0 Å². The summed E-state index contributed by atoms with van der Waals surface area (Å²) in [7, 11) is -4.24. The topological polar surface area (TPSA) is 54.4 Å². The molecular weight excluding hydrogens is 223 g/mol. The van der Waals surface area contributed by atoms with Crippen LogP contribution in [0.1, 0.15) is 0 Å². The summed E-state index contributed by atoms with van der Waals surface area (Å²) in [5.41, 5.74) is 0. The third-order valence-corrected chi connectivity index (χ3v) is 2.62. The van der Waals surface area contributed by atoms with E-state index in [0.29, 0.717) is 0 Å². The summed E-state index contributed by atoms with van der Waals surface area (Å²) in [5.74, 6) is 0. The first-order chi connectivity index (χ1) is 5.41. The minimum absolute atomic E-state index is 0.0584. The third-order valence-electron chi connectivity index (χ3n) is 1.11. The van der Waals surface area contributed by atoms with Crippen LogP contribution in [0.5, 0.6) is 0 Å². The molecule has 0 saturated heterocycles. The third kappa shape index (κ3) is 2.10. The molecule has 1 aromatic carbocycles. The molecule has 0 aromatic heterocycles. The number of hydrogen-bond donors (Lipinski definition) is 1. The minimum Gasteiger partial charge on any atom is -0.282 e. The van der Waals surface area contributed by atoms with Crippen molar-refractivity contribution in [2.75, 3.05) is 0 Å². The van der Waals surface area contributed by atoms with E-state index in [1.54, 1.807) is 0 Å². The van der Waals surface area contributed by atoms with Gasteiger partial charge in [0.25, 0.3) is 10.1 Å². The van der Waals surface area contributed by atoms with Gasteiger partial charge in [0.2, 0.25) is 0 Å². The van der Waals surface area contributed by atoms with Crippen molar-refractivity contribution >= 4 is 33.3 Å². The molecule has 1 radical (unpaired) electrons. The quantitative estimate of drug-likeness (QED) is 0.745. The largest absolute Gasteiger partial charge is 0.295 e. The Balaban J connectivity index is 3.33. The van der Waals surface area contributed by atoms with Gasteiger partial charge in [0, 0.05) is 6.07 Å². The fourth-order valence-electron chi connectivity index (χ4n) is 0.578. The van der Waals surface area contributed by atoms with Crippen molar-refractivity contribution in [2.24, 2.45) is 0 Å². The van der Waals surface area contributed by atoms with Crippen LogP contribution < -0.4 is 0 Å². The minimum atomic E-state index is -4.24. The standard InChI is InChI=1S/C6H3Cl2O3S/c7-5-2-1-4(3-6(5)8)12(9,10)11/h2-3H,(H,9,10,11). The average Bonchev–Trinajstić information content (AvgIpc) is 1.92. The molecule has 0 atom stereocenters. The summed E-state index contributed by atoms with van der Waals surface area (Å²) < 4.78 is 29.6. The molecule has 1 aromatic rings. The molecule has 0 bridgehead atoms. The normalized spacial score (nSPS) is 11.6. The number of benzene rings is 1. The van der Waals surface area contributed by atoms with Crippen molar-refractivity contribution < 1.29 is 13.0 Å². The van der Waals surface area contributed by atoms with E-state index < -0.39 is 15.0 Å². The summed E-state index contributed by atoms with van der Waals surface area (Å²) >= 11 is 11.0. The molecule has 0 spiro atoms. The zero-order chi connectivity index (χ0) is 9.35. The molecule has 1 rings (SSSR count). The lowest BCUT2D eigenvalue weighted by atomic mass is 10.4. The average molecular weight is 226 g/mol. The van der Waals surface area contributed by atoms with Crippen molar-refractivity contribution in [3.8, 4) is 0 Å². The maximum Gasteiger partial charge on any atom is 0.295 e. The van der Waals surface area contributed by atoms with E-state index in [1.807, 2.05) is 0 Å². The van der Waals surface area contributed by atoms with Crippen LogP contribution in [0.25, 0.3) is 0 Å². The van der Waals surface area contributed by atoms with Gasteiger partial charge in [-0.2, -0.15) is 8.42 Å². The van der Waals surface area contributed by atoms with Gasteiger partial charge in [-0.25, -0.2) is 0 Å². The second kappa shape index (κ2) is 3.22. The van der Waals surface area contributed by atoms with E-state index in [0.717, 1.165) is 6.07 Å². The molecule has 0 unspecified atom stereocenters. The van der Waals surface area contributed by atoms with Crippen LogP contribution in [-0.2, 0) is 10.1 Å². The molecule has 0 fully saturated rings. The van der Waals surface area contributed by atoms with Crippen molar-refractivity contribution in [2.45, 2.75) is 4.90 Å². The van der Waals surface area contributed by atoms with E-state index in [-0.39, 0.29) is 10.0 Å². The molecule has 0 saturated carbocycles. The zero-order valence-electron chi connectivity index (χ0n) is 5.58. The molecule has 12 heavy (non-hydrogen) atoms. The first-order valence-corrected chi connectivity index (χ1v) is 4.95. The maximum atomic E-state index is 10.5. The molecular formula is C6H3Cl2O3S. The smallest absolute Gasteiger partial charge is 0.282 e. The van der Waals surface area contributed by atoms with Crippen LogP contribution in [0, 0.1) is 6.07 Å². The molecule has 0 aliphatic carbocycles. The van der Waals surface area contributed by atoms with Crippen molar-refractivity contribution in [1.29, 1.82) is 0 Å². The van der Waals surface area contributed by atoms with Crippen molar-refractivity contribution in [1.82, 2.24) is 0 Å². The molecule has 0 heterocycles. The maximum absolute atomic E-state index is 10.5. The fourth-order valence-corrected chi connectivity index (χ4v) is 1.39. The Kier molecular flexibility index (Phi) is 2.63. The van der Waals surface area contributed by atoms with Crippen LogP contribution in [0.4, 0.5) is 0 Å². The Morgan fingerprint density at radius 2 is 1.92 bits per heavy atom. The second-order valence-corrected chi connectivity index (χ2v) is 4.17. The molecule has 3 nitrogen and oxygen atoms in total. The van der Waals surface area contributed by atoms with Crippen molar-refractivity contribution in [3.05, 3.63) is 28.2 Å². The number of hydrogen-bond acceptors (Lipinski definition) is 2. The molecule has 0 aliphatic heterocycles. The lowest BCUT2D eigenvalue weighted by Gasteiger charge is -1.97. The monoisotopic (exact) mass is 225 g/mol. The van der Waals surface area contributed by atoms with Crippen LogP contribution in [0.2, 0.25) is 10.0 Å². The Morgan fingerprint density at radius 3 is 2.33 bits per heavy atom. The van der Waals surface area contributed by atoms with Crippen LogP contribution in [-0.4, -0.2) is 13.0 Å². The summed E-state index contributed by atoms with van der Waals surface area (Å²) in [6, 6.07) is 4.46. The summed E-state index contributed by atoms with van der Waals surface area (Å²) in [6.07, 6.45) is 0. The fraction of sp³-hybridized carbons (Fsp3) is 0. The Bertz CT molecular complexity index is 399. The zero-order valence-corrected chi connectivity index (χ0v) is 7.91. The lowest BCUT2D eigenvalue weighted by molar-refractivity contribution is 0.483. The SMILES string of the molecule is O=S(=O)(O)c1[c]cc(Cl)c(Cl)c1.